The fraction of sp³-hybridized carbons (Fsp3) is 0.533. The standard InChI is InChI=1S/C15H19BrN6O/c16-11-9-18-10-12-13(11)14(21-3-1-17-2-4-21)20-15(19-12)22-5-7-23-8-6-22/h9-10,17H,1-8H2. The van der Waals surface area contributed by atoms with Gasteiger partial charge in [-0.3, -0.25) is 4.98 Å². The molecule has 2 aliphatic heterocycles. The second-order valence-corrected chi connectivity index (χ2v) is 6.55. The molecule has 2 aromatic rings. The molecular weight excluding hydrogens is 360 g/mol. The van der Waals surface area contributed by atoms with Gasteiger partial charge in [-0.2, -0.15) is 4.98 Å². The zero-order valence-electron chi connectivity index (χ0n) is 12.8. The summed E-state index contributed by atoms with van der Waals surface area (Å²) in [5, 5.41) is 4.43. The fourth-order valence-electron chi connectivity index (χ4n) is 3.02. The number of fused-ring (bicyclic) bond motifs is 1. The molecule has 122 valence electrons. The third-order valence-corrected chi connectivity index (χ3v) is 4.84. The monoisotopic (exact) mass is 378 g/mol. The zero-order chi connectivity index (χ0) is 15.6. The Kier molecular flexibility index (Phi) is 4.28. The summed E-state index contributed by atoms with van der Waals surface area (Å²) in [5.41, 5.74) is 0.879. The molecule has 0 bridgehead atoms. The van der Waals surface area contributed by atoms with Crippen LogP contribution >= 0.6 is 15.9 Å². The van der Waals surface area contributed by atoms with Crippen LogP contribution in [0.5, 0.6) is 0 Å². The highest BCUT2D eigenvalue weighted by atomic mass is 79.9. The molecule has 0 amide bonds. The summed E-state index contributed by atoms with van der Waals surface area (Å²) >= 11 is 3.62. The number of nitrogens with zero attached hydrogens (tertiary/aromatic N) is 5. The van der Waals surface area contributed by atoms with Crippen molar-refractivity contribution in [1.82, 2.24) is 20.3 Å². The van der Waals surface area contributed by atoms with Crippen LogP contribution in [0.2, 0.25) is 0 Å². The van der Waals surface area contributed by atoms with Crippen molar-refractivity contribution in [3.63, 3.8) is 0 Å². The van der Waals surface area contributed by atoms with Crippen LogP contribution in [0.1, 0.15) is 0 Å². The Balaban J connectivity index is 1.82. The highest BCUT2D eigenvalue weighted by Crippen LogP contribution is 2.32. The van der Waals surface area contributed by atoms with E-state index in [9.17, 15) is 0 Å². The summed E-state index contributed by atoms with van der Waals surface area (Å²) in [6.07, 6.45) is 3.63. The lowest BCUT2D eigenvalue weighted by molar-refractivity contribution is 0.122. The van der Waals surface area contributed by atoms with E-state index in [4.69, 9.17) is 14.7 Å². The maximum atomic E-state index is 5.44. The number of nitrogens with one attached hydrogen (secondary N) is 1. The van der Waals surface area contributed by atoms with Crippen LogP contribution in [-0.4, -0.2) is 67.4 Å². The van der Waals surface area contributed by atoms with E-state index in [1.54, 1.807) is 0 Å². The molecule has 0 atom stereocenters. The molecule has 0 unspecified atom stereocenters. The minimum absolute atomic E-state index is 0.723. The predicted octanol–water partition coefficient (Wildman–Crippen LogP) is 1.03. The van der Waals surface area contributed by atoms with Crippen molar-refractivity contribution in [2.45, 2.75) is 0 Å². The second kappa shape index (κ2) is 6.54. The van der Waals surface area contributed by atoms with Gasteiger partial charge in [0, 0.05) is 49.9 Å². The third kappa shape index (κ3) is 2.98. The Labute approximate surface area is 143 Å². The number of hydrogen-bond donors (Lipinski definition) is 1. The van der Waals surface area contributed by atoms with Crippen molar-refractivity contribution >= 4 is 38.6 Å². The van der Waals surface area contributed by atoms with E-state index in [1.165, 1.54) is 0 Å². The molecule has 2 fully saturated rings. The van der Waals surface area contributed by atoms with E-state index in [2.05, 4.69) is 36.0 Å². The number of morpholine rings is 1. The Morgan fingerprint density at radius 2 is 1.78 bits per heavy atom. The minimum Gasteiger partial charge on any atom is -0.378 e. The molecule has 7 nitrogen and oxygen atoms in total. The van der Waals surface area contributed by atoms with Crippen LogP contribution in [0, 0.1) is 0 Å². The van der Waals surface area contributed by atoms with Crippen LogP contribution < -0.4 is 15.1 Å². The van der Waals surface area contributed by atoms with Gasteiger partial charge in [0.1, 0.15) is 5.82 Å². The number of pyridine rings is 1. The van der Waals surface area contributed by atoms with Crippen LogP contribution in [0.15, 0.2) is 16.9 Å². The first-order valence-corrected chi connectivity index (χ1v) is 8.72. The van der Waals surface area contributed by atoms with E-state index < -0.39 is 0 Å². The van der Waals surface area contributed by atoms with E-state index in [0.717, 1.165) is 79.6 Å². The summed E-state index contributed by atoms with van der Waals surface area (Å²) in [6.45, 7) is 6.94. The van der Waals surface area contributed by atoms with Crippen molar-refractivity contribution in [1.29, 1.82) is 0 Å². The Bertz CT molecular complexity index is 700. The van der Waals surface area contributed by atoms with Crippen molar-refractivity contribution in [2.75, 3.05) is 62.3 Å². The van der Waals surface area contributed by atoms with Gasteiger partial charge in [-0.15, -0.1) is 0 Å². The van der Waals surface area contributed by atoms with Gasteiger partial charge in [-0.25, -0.2) is 4.98 Å². The maximum Gasteiger partial charge on any atom is 0.228 e. The van der Waals surface area contributed by atoms with Crippen molar-refractivity contribution in [3.8, 4) is 0 Å². The first-order chi connectivity index (χ1) is 11.3. The van der Waals surface area contributed by atoms with Gasteiger partial charge in [0.05, 0.1) is 30.3 Å². The average Bonchev–Trinajstić information content (AvgIpc) is 2.62. The van der Waals surface area contributed by atoms with Gasteiger partial charge < -0.3 is 19.9 Å². The number of piperazine rings is 1. The highest BCUT2D eigenvalue weighted by molar-refractivity contribution is 9.10. The number of rotatable bonds is 2. The molecule has 0 saturated carbocycles. The van der Waals surface area contributed by atoms with E-state index in [0.29, 0.717) is 0 Å². The molecule has 2 aliphatic rings. The summed E-state index contributed by atoms with van der Waals surface area (Å²) in [7, 11) is 0. The van der Waals surface area contributed by atoms with Gasteiger partial charge in [0.25, 0.3) is 0 Å². The number of halogens is 1. The molecule has 8 heteroatoms. The van der Waals surface area contributed by atoms with Gasteiger partial charge in [0.2, 0.25) is 5.95 Å². The molecule has 0 aliphatic carbocycles. The second-order valence-electron chi connectivity index (χ2n) is 5.70. The average molecular weight is 379 g/mol. The number of ether oxygens (including phenoxy) is 1. The molecule has 23 heavy (non-hydrogen) atoms. The normalized spacial score (nSPS) is 19.3. The number of anilines is 2. The lowest BCUT2D eigenvalue weighted by atomic mass is 10.2. The van der Waals surface area contributed by atoms with Gasteiger partial charge in [-0.1, -0.05) is 0 Å². The Hall–Kier alpha value is -1.51. The molecule has 4 rings (SSSR count). The smallest absolute Gasteiger partial charge is 0.228 e. The highest BCUT2D eigenvalue weighted by Gasteiger charge is 2.22. The zero-order valence-corrected chi connectivity index (χ0v) is 14.4. The summed E-state index contributed by atoms with van der Waals surface area (Å²) in [5.74, 6) is 1.77. The van der Waals surface area contributed by atoms with Crippen LogP contribution in [-0.2, 0) is 4.74 Å². The van der Waals surface area contributed by atoms with E-state index in [-0.39, 0.29) is 0 Å². The van der Waals surface area contributed by atoms with E-state index >= 15 is 0 Å². The third-order valence-electron chi connectivity index (χ3n) is 4.24. The van der Waals surface area contributed by atoms with Crippen molar-refractivity contribution < 1.29 is 4.74 Å². The van der Waals surface area contributed by atoms with E-state index in [1.807, 2.05) is 12.4 Å². The van der Waals surface area contributed by atoms with Gasteiger partial charge >= 0.3 is 0 Å². The molecule has 0 spiro atoms. The molecule has 4 heterocycles. The Morgan fingerprint density at radius 3 is 2.57 bits per heavy atom. The summed E-state index contributed by atoms with van der Waals surface area (Å²) in [4.78, 5) is 18.4. The summed E-state index contributed by atoms with van der Waals surface area (Å²) in [6, 6.07) is 0. The Morgan fingerprint density at radius 1 is 1.00 bits per heavy atom. The topological polar surface area (TPSA) is 66.4 Å². The lowest BCUT2D eigenvalue weighted by Gasteiger charge is -2.32. The first kappa shape index (κ1) is 15.0. The lowest BCUT2D eigenvalue weighted by Crippen LogP contribution is -2.44. The first-order valence-electron chi connectivity index (χ1n) is 7.92. The van der Waals surface area contributed by atoms with Gasteiger partial charge in [-0.05, 0) is 15.9 Å². The number of hydrogen-bond acceptors (Lipinski definition) is 7. The molecule has 1 N–H and O–H groups in total. The predicted molar refractivity (Wildman–Crippen MR) is 93.1 cm³/mol. The van der Waals surface area contributed by atoms with Crippen molar-refractivity contribution in [2.24, 2.45) is 0 Å². The molecule has 2 saturated heterocycles. The van der Waals surface area contributed by atoms with Crippen LogP contribution in [0.3, 0.4) is 0 Å². The quantitative estimate of drug-likeness (QED) is 0.836. The molecule has 0 aromatic carbocycles. The molecular formula is C15H19BrN6O. The van der Waals surface area contributed by atoms with Crippen LogP contribution in [0.4, 0.5) is 11.8 Å². The molecule has 0 radical (unpaired) electrons. The molecule has 2 aromatic heterocycles. The number of aromatic nitrogens is 3. The van der Waals surface area contributed by atoms with Crippen LogP contribution in [0.25, 0.3) is 10.9 Å². The SMILES string of the molecule is Brc1cncc2nc(N3CCOCC3)nc(N3CCNCC3)c12. The van der Waals surface area contributed by atoms with Crippen molar-refractivity contribution in [3.05, 3.63) is 16.9 Å². The maximum absolute atomic E-state index is 5.44. The van der Waals surface area contributed by atoms with Gasteiger partial charge in [0.15, 0.2) is 0 Å². The largest absolute Gasteiger partial charge is 0.378 e. The summed E-state index contributed by atoms with van der Waals surface area (Å²) < 4.78 is 6.38. The minimum atomic E-state index is 0.723. The fourth-order valence-corrected chi connectivity index (χ4v) is 3.52.